The van der Waals surface area contributed by atoms with Gasteiger partial charge in [0.2, 0.25) is 6.79 Å². The number of benzene rings is 1. The quantitative estimate of drug-likeness (QED) is 0.853. The minimum absolute atomic E-state index is 0.00525. The molecule has 3 aliphatic rings. The predicted molar refractivity (Wildman–Crippen MR) is 91.3 cm³/mol. The lowest BCUT2D eigenvalue weighted by atomic mass is 9.71. The smallest absolute Gasteiger partial charge is 0.231 e. The fraction of sp³-hybridized carbons (Fsp3) is 0.450. The molecule has 1 saturated carbocycles. The van der Waals surface area contributed by atoms with Crippen molar-refractivity contribution in [3.05, 3.63) is 48.3 Å². The highest BCUT2D eigenvalue weighted by atomic mass is 16.7. The number of allylic oxidation sites excluding steroid dienone is 2. The Hall–Kier alpha value is -2.27. The minimum atomic E-state index is -0.934. The van der Waals surface area contributed by atoms with Crippen molar-refractivity contribution in [3.63, 3.8) is 0 Å². The van der Waals surface area contributed by atoms with Crippen LogP contribution in [0.5, 0.6) is 11.5 Å². The van der Waals surface area contributed by atoms with E-state index in [1.165, 1.54) is 7.11 Å². The number of fused-ring (bicyclic) bond motifs is 3. The maximum Gasteiger partial charge on any atom is 0.231 e. The Morgan fingerprint density at radius 3 is 2.84 bits per heavy atom. The van der Waals surface area contributed by atoms with Gasteiger partial charge in [0, 0.05) is 5.92 Å². The third-order valence-corrected chi connectivity index (χ3v) is 6.03. The van der Waals surface area contributed by atoms with Crippen molar-refractivity contribution in [2.24, 2.45) is 17.3 Å². The van der Waals surface area contributed by atoms with Crippen LogP contribution in [0, 0.1) is 17.3 Å². The van der Waals surface area contributed by atoms with Crippen LogP contribution in [-0.2, 0) is 9.53 Å². The number of aliphatic hydroxyl groups is 1. The SMILES string of the molecule is C=CC[C@@]12C=C(OC)[C@H](O)[C@@H](C1=O)[C@@H](c1ccc3c(c1)OCO3)[C@H]2C. The molecule has 0 radical (unpaired) electrons. The molecule has 1 aliphatic heterocycles. The third-order valence-electron chi connectivity index (χ3n) is 6.03. The van der Waals surface area contributed by atoms with Gasteiger partial charge in [-0.05, 0) is 36.1 Å². The van der Waals surface area contributed by atoms with E-state index in [4.69, 9.17) is 14.2 Å². The minimum Gasteiger partial charge on any atom is -0.499 e. The van der Waals surface area contributed by atoms with Crippen LogP contribution in [0.15, 0.2) is 42.7 Å². The fourth-order valence-electron chi connectivity index (χ4n) is 4.77. The highest BCUT2D eigenvalue weighted by molar-refractivity contribution is 5.95. The van der Waals surface area contributed by atoms with Crippen LogP contribution in [0.4, 0.5) is 0 Å². The Balaban J connectivity index is 1.83. The molecule has 1 heterocycles. The first-order valence-electron chi connectivity index (χ1n) is 8.53. The van der Waals surface area contributed by atoms with E-state index in [1.54, 1.807) is 6.08 Å². The highest BCUT2D eigenvalue weighted by Crippen LogP contribution is 2.60. The first-order chi connectivity index (χ1) is 12.0. The van der Waals surface area contributed by atoms with Gasteiger partial charge in [-0.15, -0.1) is 6.58 Å². The number of ether oxygens (including phenoxy) is 3. The van der Waals surface area contributed by atoms with Crippen molar-refractivity contribution in [1.29, 1.82) is 0 Å². The van der Waals surface area contributed by atoms with Gasteiger partial charge < -0.3 is 19.3 Å². The number of methoxy groups -OCH3 is 1. The average Bonchev–Trinajstić information content (AvgIpc) is 3.13. The molecule has 0 aromatic heterocycles. The molecule has 0 unspecified atom stereocenters. The lowest BCUT2D eigenvalue weighted by molar-refractivity contribution is -0.132. The average molecular weight is 342 g/mol. The lowest BCUT2D eigenvalue weighted by Crippen LogP contribution is -2.40. The number of Topliss-reactive ketones (excluding diaryl/α,β-unsaturated/α-hetero) is 1. The molecular formula is C20H22O5. The Kier molecular flexibility index (Phi) is 3.65. The second-order valence-electron chi connectivity index (χ2n) is 7.05. The van der Waals surface area contributed by atoms with Crippen molar-refractivity contribution in [3.8, 4) is 11.5 Å². The van der Waals surface area contributed by atoms with Gasteiger partial charge in [0.1, 0.15) is 17.6 Å². The maximum absolute atomic E-state index is 13.2. The van der Waals surface area contributed by atoms with Crippen LogP contribution < -0.4 is 9.47 Å². The second kappa shape index (κ2) is 5.63. The second-order valence-corrected chi connectivity index (χ2v) is 7.05. The fourth-order valence-corrected chi connectivity index (χ4v) is 4.77. The number of ketones is 1. The summed E-state index contributed by atoms with van der Waals surface area (Å²) in [5, 5.41) is 10.8. The van der Waals surface area contributed by atoms with Gasteiger partial charge in [-0.1, -0.05) is 19.1 Å². The van der Waals surface area contributed by atoms with Crippen molar-refractivity contribution in [2.45, 2.75) is 25.4 Å². The van der Waals surface area contributed by atoms with Crippen LogP contribution in [0.25, 0.3) is 0 Å². The summed E-state index contributed by atoms with van der Waals surface area (Å²) in [4.78, 5) is 13.2. The molecule has 5 atom stereocenters. The van der Waals surface area contributed by atoms with Crippen LogP contribution in [0.3, 0.4) is 0 Å². The number of aliphatic hydroxyl groups excluding tert-OH is 1. The monoisotopic (exact) mass is 342 g/mol. The Labute approximate surface area is 146 Å². The van der Waals surface area contributed by atoms with E-state index in [0.717, 1.165) is 5.56 Å². The summed E-state index contributed by atoms with van der Waals surface area (Å²) >= 11 is 0. The van der Waals surface area contributed by atoms with Gasteiger partial charge in [0.25, 0.3) is 0 Å². The van der Waals surface area contributed by atoms with Crippen molar-refractivity contribution in [2.75, 3.05) is 13.9 Å². The Morgan fingerprint density at radius 1 is 1.36 bits per heavy atom. The van der Waals surface area contributed by atoms with Crippen molar-refractivity contribution >= 4 is 5.78 Å². The predicted octanol–water partition coefficient (Wildman–Crippen LogP) is 2.80. The maximum atomic E-state index is 13.2. The van der Waals surface area contributed by atoms with Gasteiger partial charge in [0.15, 0.2) is 11.5 Å². The molecule has 2 aliphatic carbocycles. The molecule has 2 bridgehead atoms. The van der Waals surface area contributed by atoms with Gasteiger partial charge in [-0.2, -0.15) is 0 Å². The summed E-state index contributed by atoms with van der Waals surface area (Å²) < 4.78 is 16.3. The van der Waals surface area contributed by atoms with Gasteiger partial charge >= 0.3 is 0 Å². The number of hydrogen-bond donors (Lipinski definition) is 1. The lowest BCUT2D eigenvalue weighted by Gasteiger charge is -2.33. The van der Waals surface area contributed by atoms with E-state index in [9.17, 15) is 9.90 Å². The normalized spacial score (nSPS) is 35.5. The van der Waals surface area contributed by atoms with Gasteiger partial charge in [0.05, 0.1) is 18.4 Å². The van der Waals surface area contributed by atoms with Crippen molar-refractivity contribution in [1.82, 2.24) is 0 Å². The van der Waals surface area contributed by atoms with Crippen LogP contribution in [-0.4, -0.2) is 30.9 Å². The first kappa shape index (κ1) is 16.2. The van der Waals surface area contributed by atoms with E-state index >= 15 is 0 Å². The topological polar surface area (TPSA) is 65.0 Å². The molecule has 0 amide bonds. The molecule has 1 aromatic rings. The van der Waals surface area contributed by atoms with E-state index < -0.39 is 17.4 Å². The van der Waals surface area contributed by atoms with Crippen molar-refractivity contribution < 1.29 is 24.1 Å². The Morgan fingerprint density at radius 2 is 2.12 bits per heavy atom. The zero-order valence-electron chi connectivity index (χ0n) is 14.4. The first-order valence-corrected chi connectivity index (χ1v) is 8.53. The molecule has 5 heteroatoms. The Bertz CT molecular complexity index is 767. The zero-order valence-corrected chi connectivity index (χ0v) is 14.4. The number of hydrogen-bond acceptors (Lipinski definition) is 5. The number of rotatable bonds is 4. The molecule has 1 fully saturated rings. The standard InChI is InChI=1S/C20H22O5/c1-4-7-20-9-15(23-3)18(21)17(19(20)22)16(11(20)2)12-5-6-13-14(8-12)25-10-24-13/h4-6,8-9,11,16-18,21H,1,7,10H2,2-3H3/t11-,16-,17+,18+,20+/m1/s1. The summed E-state index contributed by atoms with van der Waals surface area (Å²) in [6, 6.07) is 5.76. The van der Waals surface area contributed by atoms with Gasteiger partial charge in [-0.25, -0.2) is 0 Å². The third kappa shape index (κ3) is 2.08. The van der Waals surface area contributed by atoms with Crippen LogP contribution in [0.1, 0.15) is 24.8 Å². The molecular weight excluding hydrogens is 320 g/mol. The summed E-state index contributed by atoms with van der Waals surface area (Å²) in [6.45, 7) is 6.10. The van der Waals surface area contributed by atoms with Crippen LogP contribution in [0.2, 0.25) is 0 Å². The van der Waals surface area contributed by atoms with Crippen LogP contribution >= 0.6 is 0 Å². The van der Waals surface area contributed by atoms with E-state index in [1.807, 2.05) is 24.3 Å². The summed E-state index contributed by atoms with van der Waals surface area (Å²) in [6.07, 6.45) is 3.19. The number of carbonyl (C=O) groups is 1. The molecule has 5 nitrogen and oxygen atoms in total. The summed E-state index contributed by atoms with van der Waals surface area (Å²) in [5.41, 5.74) is 0.295. The summed E-state index contributed by atoms with van der Waals surface area (Å²) in [5.74, 6) is 1.28. The van der Waals surface area contributed by atoms with E-state index in [-0.39, 0.29) is 24.4 Å². The molecule has 25 heavy (non-hydrogen) atoms. The molecule has 4 rings (SSSR count). The number of carbonyl (C=O) groups excluding carboxylic acids is 1. The molecule has 132 valence electrons. The largest absolute Gasteiger partial charge is 0.499 e. The summed E-state index contributed by atoms with van der Waals surface area (Å²) in [7, 11) is 1.53. The molecule has 0 spiro atoms. The van der Waals surface area contributed by atoms with E-state index in [2.05, 4.69) is 13.5 Å². The molecule has 0 saturated heterocycles. The molecule has 1 N–H and O–H groups in total. The zero-order chi connectivity index (χ0) is 17.8. The highest BCUT2D eigenvalue weighted by Gasteiger charge is 2.62. The molecule has 1 aromatic carbocycles. The van der Waals surface area contributed by atoms with Gasteiger partial charge in [-0.3, -0.25) is 4.79 Å². The van der Waals surface area contributed by atoms with E-state index in [0.29, 0.717) is 23.7 Å².